The van der Waals surface area contributed by atoms with Gasteiger partial charge in [-0.25, -0.2) is 0 Å². The molecule has 2 rings (SSSR count). The predicted octanol–water partition coefficient (Wildman–Crippen LogP) is 2.29. The van der Waals surface area contributed by atoms with E-state index in [4.69, 9.17) is 9.31 Å². The lowest BCUT2D eigenvalue weighted by atomic mass is 9.77. The van der Waals surface area contributed by atoms with Crippen LogP contribution in [0.4, 0.5) is 5.69 Å². The van der Waals surface area contributed by atoms with E-state index in [1.807, 2.05) is 20.0 Å². The Labute approximate surface area is 122 Å². The van der Waals surface area contributed by atoms with Gasteiger partial charge in [0.15, 0.2) is 0 Å². The minimum Gasteiger partial charge on any atom is -0.399 e. The van der Waals surface area contributed by atoms with Crippen molar-refractivity contribution >= 4 is 18.3 Å². The minimum absolute atomic E-state index is 0.327. The normalized spacial score (nSPS) is 20.2. The first-order valence-electron chi connectivity index (χ1n) is 7.25. The van der Waals surface area contributed by atoms with Gasteiger partial charge in [0.05, 0.1) is 22.6 Å². The van der Waals surface area contributed by atoms with Crippen molar-refractivity contribution in [1.29, 1.82) is 0 Å². The van der Waals surface area contributed by atoms with Crippen LogP contribution in [0.3, 0.4) is 0 Å². The molecular weight excluding hydrogens is 251 g/mol. The number of aryl methyl sites for hydroxylation is 2. The second-order valence-electron chi connectivity index (χ2n) is 6.37. The maximum atomic E-state index is 6.16. The summed E-state index contributed by atoms with van der Waals surface area (Å²) in [4.78, 5) is 4.59. The van der Waals surface area contributed by atoms with Crippen LogP contribution in [0.2, 0.25) is 0 Å². The van der Waals surface area contributed by atoms with Gasteiger partial charge >= 0.3 is 7.12 Å². The Morgan fingerprint density at radius 3 is 2.20 bits per heavy atom. The molecule has 1 aliphatic heterocycles. The number of anilines is 1. The van der Waals surface area contributed by atoms with E-state index in [9.17, 15) is 0 Å². The Balaban J connectivity index is 2.47. The molecule has 0 saturated carbocycles. The predicted molar refractivity (Wildman–Crippen MR) is 83.6 cm³/mol. The van der Waals surface area contributed by atoms with Gasteiger partial charge in [-0.15, -0.1) is 0 Å². The number of hydrogen-bond donors (Lipinski definition) is 1. The Hall–Kier alpha value is -1.07. The highest BCUT2D eigenvalue weighted by molar-refractivity contribution is 6.64. The number of nitrogens with zero attached hydrogens (tertiary/aromatic N) is 1. The monoisotopic (exact) mass is 276 g/mol. The summed E-state index contributed by atoms with van der Waals surface area (Å²) in [5.41, 5.74) is 3.45. The summed E-state index contributed by atoms with van der Waals surface area (Å²) in [6.07, 6.45) is 0.879. The van der Waals surface area contributed by atoms with E-state index in [0.717, 1.165) is 29.0 Å². The van der Waals surface area contributed by atoms with Crippen LogP contribution in [0.5, 0.6) is 0 Å². The van der Waals surface area contributed by atoms with Crippen molar-refractivity contribution in [2.45, 2.75) is 59.2 Å². The van der Waals surface area contributed by atoms with Gasteiger partial charge in [0.25, 0.3) is 0 Å². The van der Waals surface area contributed by atoms with Crippen LogP contribution >= 0.6 is 0 Å². The summed E-state index contributed by atoms with van der Waals surface area (Å²) in [5, 5.41) is 3.25. The van der Waals surface area contributed by atoms with Crippen molar-refractivity contribution in [3.8, 4) is 0 Å². The van der Waals surface area contributed by atoms with Crippen LogP contribution < -0.4 is 10.8 Å². The zero-order valence-electron chi connectivity index (χ0n) is 13.6. The molecule has 0 aromatic carbocycles. The largest absolute Gasteiger partial charge is 0.497 e. The molecule has 0 aliphatic carbocycles. The van der Waals surface area contributed by atoms with Gasteiger partial charge in [0.2, 0.25) is 0 Å². The summed E-state index contributed by atoms with van der Waals surface area (Å²) < 4.78 is 12.3. The van der Waals surface area contributed by atoms with Gasteiger partial charge in [-0.3, -0.25) is 4.98 Å². The van der Waals surface area contributed by atoms with Crippen LogP contribution in [0.15, 0.2) is 6.07 Å². The van der Waals surface area contributed by atoms with E-state index in [-0.39, 0.29) is 18.3 Å². The van der Waals surface area contributed by atoms with E-state index in [1.54, 1.807) is 0 Å². The van der Waals surface area contributed by atoms with Gasteiger partial charge in [0, 0.05) is 18.2 Å². The lowest BCUT2D eigenvalue weighted by Crippen LogP contribution is -2.41. The average Bonchev–Trinajstić information content (AvgIpc) is 2.57. The summed E-state index contributed by atoms with van der Waals surface area (Å²) in [7, 11) is 1.56. The number of rotatable bonds is 3. The highest BCUT2D eigenvalue weighted by atomic mass is 16.7. The van der Waals surface area contributed by atoms with Crippen LogP contribution in [0.25, 0.3) is 0 Å². The molecule has 20 heavy (non-hydrogen) atoms. The first-order chi connectivity index (χ1) is 9.21. The standard InChI is InChI=1S/C15H25BN2O2/c1-8-12-13(17-7)11(9-10(2)18-12)16-19-14(3,4)15(5,6)20-16/h9,17H,8H2,1-7H3. The molecule has 4 nitrogen and oxygen atoms in total. The van der Waals surface area contributed by atoms with Gasteiger partial charge in [-0.2, -0.15) is 0 Å². The van der Waals surface area contributed by atoms with Crippen LogP contribution in [0, 0.1) is 6.92 Å². The Kier molecular flexibility index (Phi) is 3.86. The van der Waals surface area contributed by atoms with Crippen molar-refractivity contribution in [3.63, 3.8) is 0 Å². The lowest BCUT2D eigenvalue weighted by molar-refractivity contribution is 0.00578. The lowest BCUT2D eigenvalue weighted by Gasteiger charge is -2.32. The SMILES string of the molecule is CCc1nc(C)cc(B2OC(C)(C)C(C)(C)O2)c1NC. The molecule has 0 atom stereocenters. The van der Waals surface area contributed by atoms with E-state index < -0.39 is 0 Å². The first-order valence-corrected chi connectivity index (χ1v) is 7.25. The maximum absolute atomic E-state index is 6.16. The Morgan fingerprint density at radius 2 is 1.75 bits per heavy atom. The molecular formula is C15H25BN2O2. The second-order valence-corrected chi connectivity index (χ2v) is 6.37. The molecule has 1 aromatic rings. The number of hydrogen-bond acceptors (Lipinski definition) is 4. The first kappa shape index (κ1) is 15.3. The van der Waals surface area contributed by atoms with Gasteiger partial charge in [-0.1, -0.05) is 6.92 Å². The Bertz CT molecular complexity index is 499. The van der Waals surface area contributed by atoms with Crippen molar-refractivity contribution in [3.05, 3.63) is 17.5 Å². The molecule has 0 amide bonds. The topological polar surface area (TPSA) is 43.4 Å². The number of pyridine rings is 1. The van der Waals surface area contributed by atoms with E-state index in [1.165, 1.54) is 0 Å². The van der Waals surface area contributed by atoms with Crippen LogP contribution in [-0.2, 0) is 15.7 Å². The molecule has 1 aliphatic rings. The fourth-order valence-corrected chi connectivity index (χ4v) is 2.47. The minimum atomic E-state index is -0.352. The third-order valence-corrected chi connectivity index (χ3v) is 4.35. The van der Waals surface area contributed by atoms with E-state index in [0.29, 0.717) is 0 Å². The van der Waals surface area contributed by atoms with E-state index in [2.05, 4.69) is 44.9 Å². The molecule has 1 N–H and O–H groups in total. The molecule has 0 radical (unpaired) electrons. The fourth-order valence-electron chi connectivity index (χ4n) is 2.47. The smallest absolute Gasteiger partial charge is 0.399 e. The molecule has 1 aromatic heterocycles. The highest BCUT2D eigenvalue weighted by Gasteiger charge is 2.52. The summed E-state index contributed by atoms with van der Waals surface area (Å²) in [6, 6.07) is 2.05. The molecule has 110 valence electrons. The molecule has 2 heterocycles. The number of aromatic nitrogens is 1. The molecule has 1 fully saturated rings. The van der Waals surface area contributed by atoms with Crippen molar-refractivity contribution in [1.82, 2.24) is 4.98 Å². The van der Waals surface area contributed by atoms with E-state index >= 15 is 0 Å². The highest BCUT2D eigenvalue weighted by Crippen LogP contribution is 2.37. The van der Waals surface area contributed by atoms with Gasteiger partial charge in [-0.05, 0) is 47.1 Å². The third-order valence-electron chi connectivity index (χ3n) is 4.35. The van der Waals surface area contributed by atoms with Crippen molar-refractivity contribution in [2.75, 3.05) is 12.4 Å². The summed E-state index contributed by atoms with van der Waals surface area (Å²) in [5.74, 6) is 0. The van der Waals surface area contributed by atoms with Crippen molar-refractivity contribution in [2.24, 2.45) is 0 Å². The van der Waals surface area contributed by atoms with Gasteiger partial charge < -0.3 is 14.6 Å². The second kappa shape index (κ2) is 5.04. The van der Waals surface area contributed by atoms with Crippen molar-refractivity contribution < 1.29 is 9.31 Å². The fraction of sp³-hybridized carbons (Fsp3) is 0.667. The zero-order chi connectivity index (χ0) is 15.1. The number of nitrogens with one attached hydrogen (secondary N) is 1. The van der Waals surface area contributed by atoms with Gasteiger partial charge in [0.1, 0.15) is 0 Å². The third kappa shape index (κ3) is 2.45. The zero-order valence-corrected chi connectivity index (χ0v) is 13.6. The molecule has 0 bridgehead atoms. The quantitative estimate of drug-likeness (QED) is 0.860. The molecule has 5 heteroatoms. The molecule has 1 saturated heterocycles. The average molecular weight is 276 g/mol. The summed E-state index contributed by atoms with van der Waals surface area (Å²) in [6.45, 7) is 12.4. The molecule has 0 unspecified atom stereocenters. The van der Waals surface area contributed by atoms with Crippen LogP contribution in [-0.4, -0.2) is 30.4 Å². The van der Waals surface area contributed by atoms with Crippen LogP contribution in [0.1, 0.15) is 46.0 Å². The molecule has 0 spiro atoms. The Morgan fingerprint density at radius 1 is 1.20 bits per heavy atom. The maximum Gasteiger partial charge on any atom is 0.497 e. The summed E-state index contributed by atoms with van der Waals surface area (Å²) >= 11 is 0.